The fraction of sp³-hybridized carbons (Fsp3) is 0.353. The van der Waals surface area contributed by atoms with Crippen molar-refractivity contribution in [2.45, 2.75) is 69.9 Å². The van der Waals surface area contributed by atoms with Crippen LogP contribution in [0.15, 0.2) is 60.8 Å². The van der Waals surface area contributed by atoms with Gasteiger partial charge in [-0.25, -0.2) is 22.5 Å². The van der Waals surface area contributed by atoms with E-state index in [9.17, 15) is 31.9 Å². The van der Waals surface area contributed by atoms with Crippen LogP contribution in [0.2, 0.25) is 0 Å². The molecule has 1 aromatic heterocycles. The lowest BCUT2D eigenvalue weighted by molar-refractivity contribution is -0.135. The molecule has 2 aliphatic carbocycles. The highest BCUT2D eigenvalue weighted by Crippen LogP contribution is 2.45. The first-order chi connectivity index (χ1) is 21.6. The van der Waals surface area contributed by atoms with E-state index in [0.29, 0.717) is 18.6 Å². The number of alkyl halides is 2. The molecule has 1 atom stereocenters. The van der Waals surface area contributed by atoms with Gasteiger partial charge in [-0.2, -0.15) is 0 Å². The zero-order valence-electron chi connectivity index (χ0n) is 25.0. The lowest BCUT2D eigenvalue weighted by atomic mass is 9.84. The number of hydrogen-bond acceptors (Lipinski definition) is 4. The molecule has 3 aliphatic rings. The van der Waals surface area contributed by atoms with Crippen LogP contribution in [-0.2, 0) is 26.3 Å². The molecule has 1 N–H and O–H groups in total. The quantitative estimate of drug-likeness (QED) is 0.211. The van der Waals surface area contributed by atoms with E-state index in [1.54, 1.807) is 23.2 Å². The minimum Gasteiger partial charge on any atom is -0.351 e. The van der Waals surface area contributed by atoms with Gasteiger partial charge >= 0.3 is 0 Å². The highest BCUT2D eigenvalue weighted by molar-refractivity contribution is 5.98. The van der Waals surface area contributed by atoms with Gasteiger partial charge in [-0.1, -0.05) is 38.0 Å². The van der Waals surface area contributed by atoms with E-state index >= 15 is 0 Å². The summed E-state index contributed by atoms with van der Waals surface area (Å²) in [6, 6.07) is 12.1. The van der Waals surface area contributed by atoms with Crippen molar-refractivity contribution in [1.29, 1.82) is 0 Å². The maximum atomic E-state index is 14.4. The predicted octanol–water partition coefficient (Wildman–Crippen LogP) is 5.90. The monoisotopic (exact) mass is 622 g/mol. The summed E-state index contributed by atoms with van der Waals surface area (Å²) in [4.78, 5) is 43.7. The number of fused-ring (bicyclic) bond motifs is 1. The minimum atomic E-state index is -2.84. The van der Waals surface area contributed by atoms with Gasteiger partial charge in [0.1, 0.15) is 17.5 Å². The number of halogens is 4. The molecular weight excluding hydrogens is 588 g/mol. The summed E-state index contributed by atoms with van der Waals surface area (Å²) in [5.41, 5.74) is -0.221. The van der Waals surface area contributed by atoms with E-state index in [4.69, 9.17) is 6.42 Å². The van der Waals surface area contributed by atoms with Crippen LogP contribution in [-0.4, -0.2) is 41.7 Å². The van der Waals surface area contributed by atoms with Crippen molar-refractivity contribution in [2.24, 2.45) is 0 Å². The molecule has 45 heavy (non-hydrogen) atoms. The molecule has 3 amide bonds. The van der Waals surface area contributed by atoms with Crippen molar-refractivity contribution in [3.63, 3.8) is 0 Å². The van der Waals surface area contributed by atoms with Crippen molar-refractivity contribution in [3.8, 4) is 12.3 Å². The summed E-state index contributed by atoms with van der Waals surface area (Å²) in [5.74, 6) is -1.32. The first-order valence-corrected chi connectivity index (χ1v) is 14.8. The summed E-state index contributed by atoms with van der Waals surface area (Å²) in [6.45, 7) is 4.75. The SMILES string of the molecule is C#Cc1ccnc(N2CCCC2=O)c1.CC.O=CN(c1cccc(F)c1)C1(C(=O)NC2CC(F)(F)C2)CCc2c(F)cccc21. The van der Waals surface area contributed by atoms with Gasteiger partial charge < -0.3 is 5.32 Å². The minimum absolute atomic E-state index is 0.0491. The smallest absolute Gasteiger partial charge is 0.252 e. The van der Waals surface area contributed by atoms with Crippen LogP contribution >= 0.6 is 0 Å². The molecule has 2 heterocycles. The van der Waals surface area contributed by atoms with Gasteiger partial charge in [0.2, 0.25) is 12.3 Å². The maximum absolute atomic E-state index is 14.4. The fourth-order valence-corrected chi connectivity index (χ4v) is 5.85. The average Bonchev–Trinajstić information content (AvgIpc) is 3.63. The molecule has 0 radical (unpaired) electrons. The number of benzene rings is 2. The molecule has 1 saturated carbocycles. The van der Waals surface area contributed by atoms with Crippen molar-refractivity contribution in [3.05, 3.63) is 89.1 Å². The average molecular weight is 623 g/mol. The van der Waals surface area contributed by atoms with E-state index in [1.807, 2.05) is 13.8 Å². The van der Waals surface area contributed by atoms with Crippen molar-refractivity contribution in [2.75, 3.05) is 16.3 Å². The Morgan fingerprint density at radius 3 is 2.47 bits per heavy atom. The molecule has 2 aromatic carbocycles. The van der Waals surface area contributed by atoms with E-state index in [-0.39, 0.29) is 35.6 Å². The first-order valence-electron chi connectivity index (χ1n) is 14.8. The summed E-state index contributed by atoms with van der Waals surface area (Å²) >= 11 is 0. The number of carbonyl (C=O) groups excluding carboxylic acids is 3. The van der Waals surface area contributed by atoms with Crippen LogP contribution < -0.4 is 15.1 Å². The topological polar surface area (TPSA) is 82.6 Å². The lowest BCUT2D eigenvalue weighted by Crippen LogP contribution is -2.60. The number of anilines is 2. The Balaban J connectivity index is 0.000000241. The number of carbonyl (C=O) groups is 3. The van der Waals surface area contributed by atoms with Crippen LogP contribution in [0.25, 0.3) is 0 Å². The number of amides is 3. The van der Waals surface area contributed by atoms with Gasteiger partial charge in [0.05, 0.1) is 0 Å². The van der Waals surface area contributed by atoms with Crippen molar-refractivity contribution < 1.29 is 31.9 Å². The summed E-state index contributed by atoms with van der Waals surface area (Å²) in [5, 5.41) is 2.58. The van der Waals surface area contributed by atoms with E-state index in [1.165, 1.54) is 36.4 Å². The molecule has 0 spiro atoms. The zero-order chi connectivity index (χ0) is 32.8. The second-order valence-electron chi connectivity index (χ2n) is 10.7. The molecule has 7 nitrogen and oxygen atoms in total. The molecule has 2 fully saturated rings. The van der Waals surface area contributed by atoms with Gasteiger partial charge in [0.15, 0.2) is 5.54 Å². The summed E-state index contributed by atoms with van der Waals surface area (Å²) in [7, 11) is 0. The van der Waals surface area contributed by atoms with Gasteiger partial charge in [-0.15, -0.1) is 6.42 Å². The van der Waals surface area contributed by atoms with E-state index < -0.39 is 47.9 Å². The molecule has 1 saturated heterocycles. The van der Waals surface area contributed by atoms with Crippen LogP contribution in [0.5, 0.6) is 0 Å². The number of rotatable bonds is 6. The van der Waals surface area contributed by atoms with Crippen LogP contribution in [0.3, 0.4) is 0 Å². The normalized spacial score (nSPS) is 19.5. The Labute approximate surface area is 259 Å². The highest BCUT2D eigenvalue weighted by atomic mass is 19.3. The Hall–Kier alpha value is -4.72. The van der Waals surface area contributed by atoms with Gasteiger partial charge in [0, 0.05) is 49.3 Å². The molecule has 3 aromatic rings. The highest BCUT2D eigenvalue weighted by Gasteiger charge is 2.54. The first kappa shape index (κ1) is 33.2. The van der Waals surface area contributed by atoms with Crippen molar-refractivity contribution in [1.82, 2.24) is 10.3 Å². The third kappa shape index (κ3) is 6.85. The number of hydrogen-bond donors (Lipinski definition) is 1. The number of nitrogens with one attached hydrogen (secondary N) is 1. The summed E-state index contributed by atoms with van der Waals surface area (Å²) in [6.07, 6.45) is 8.05. The molecule has 0 bridgehead atoms. The number of nitrogens with zero attached hydrogens (tertiary/aromatic N) is 3. The summed E-state index contributed by atoms with van der Waals surface area (Å²) < 4.78 is 54.6. The maximum Gasteiger partial charge on any atom is 0.252 e. The van der Waals surface area contributed by atoms with Gasteiger partial charge in [-0.05, 0) is 66.8 Å². The molecule has 236 valence electrons. The third-order valence-corrected chi connectivity index (χ3v) is 7.97. The van der Waals surface area contributed by atoms with Gasteiger partial charge in [0.25, 0.3) is 11.8 Å². The second-order valence-corrected chi connectivity index (χ2v) is 10.7. The predicted molar refractivity (Wildman–Crippen MR) is 163 cm³/mol. The molecular formula is C34H34F4N4O3. The van der Waals surface area contributed by atoms with E-state index in [2.05, 4.69) is 16.2 Å². The Morgan fingerprint density at radius 2 is 1.84 bits per heavy atom. The third-order valence-electron chi connectivity index (χ3n) is 7.97. The van der Waals surface area contributed by atoms with Crippen LogP contribution in [0, 0.1) is 24.0 Å². The number of terminal acetylenes is 1. The Kier molecular flexibility index (Phi) is 10.3. The number of aromatic nitrogens is 1. The molecule has 11 heteroatoms. The zero-order valence-corrected chi connectivity index (χ0v) is 25.0. The molecule has 1 aliphatic heterocycles. The largest absolute Gasteiger partial charge is 0.351 e. The Morgan fingerprint density at radius 1 is 1.11 bits per heavy atom. The number of pyridine rings is 1. The molecule has 1 unspecified atom stereocenters. The Bertz CT molecular complexity index is 1600. The van der Waals surface area contributed by atoms with Gasteiger partial charge in [-0.3, -0.25) is 24.2 Å². The van der Waals surface area contributed by atoms with Crippen LogP contribution in [0.1, 0.15) is 62.6 Å². The van der Waals surface area contributed by atoms with E-state index in [0.717, 1.165) is 29.5 Å². The van der Waals surface area contributed by atoms with Crippen molar-refractivity contribution >= 4 is 29.7 Å². The molecule has 6 rings (SSSR count). The standard InChI is InChI=1S/C21H18F4N2O2.C11H10N2O.C2H6/c22-13-3-1-4-15(9-13)27(12-28)21(19(29)26-14-10-20(24,25)11-14)8-7-16-17(21)5-2-6-18(16)23;1-2-9-5-6-12-10(8-9)13-7-3-4-11(13)14;1-2/h1-6,9,12,14H,7-8,10-11H2,(H,26,29);1,5-6,8H,3-4,7H2;1-2H3. The lowest BCUT2D eigenvalue weighted by Gasteiger charge is -2.42. The fourth-order valence-electron chi connectivity index (χ4n) is 5.85. The second kappa shape index (κ2) is 13.9. The van der Waals surface area contributed by atoms with Crippen LogP contribution in [0.4, 0.5) is 29.1 Å².